The van der Waals surface area contributed by atoms with Crippen LogP contribution in [0.4, 0.5) is 0 Å². The van der Waals surface area contributed by atoms with Crippen molar-refractivity contribution >= 4 is 21.0 Å². The molecule has 0 aromatic rings. The lowest BCUT2D eigenvalue weighted by Gasteiger charge is -1.96. The fourth-order valence-corrected chi connectivity index (χ4v) is 2.45. The maximum Gasteiger partial charge on any atom is 0.0676 e. The molecule has 0 radical (unpaired) electrons. The Balaban J connectivity index is 2.26. The zero-order valence-corrected chi connectivity index (χ0v) is 6.32. The molecule has 1 heterocycles. The monoisotopic (exact) mass is 135 g/mol. The lowest BCUT2D eigenvalue weighted by Crippen LogP contribution is -2.14. The summed E-state index contributed by atoms with van der Waals surface area (Å²) in [4.78, 5) is 0. The summed E-state index contributed by atoms with van der Waals surface area (Å²) >= 11 is 1.97. The second-order valence-electron chi connectivity index (χ2n) is 1.78. The highest BCUT2D eigenvalue weighted by Crippen LogP contribution is 2.25. The molecule has 3 atom stereocenters. The summed E-state index contributed by atoms with van der Waals surface area (Å²) in [6.45, 7) is 3.40. The highest BCUT2D eigenvalue weighted by molar-refractivity contribution is 8.03. The molecule has 0 spiro atoms. The molecular formula is C4H10NPS. The third-order valence-corrected chi connectivity index (χ3v) is 2.78. The summed E-state index contributed by atoms with van der Waals surface area (Å²) in [5.41, 5.74) is 0. The predicted molar refractivity (Wildman–Crippen MR) is 38.6 cm³/mol. The van der Waals surface area contributed by atoms with Gasteiger partial charge in [0.1, 0.15) is 0 Å². The first-order valence-corrected chi connectivity index (χ1v) is 4.04. The Hall–Kier alpha value is 0.740. The van der Waals surface area contributed by atoms with Gasteiger partial charge in [0, 0.05) is 11.8 Å². The fourth-order valence-electron chi connectivity index (χ4n) is 0.629. The number of hydrogen-bond acceptors (Lipinski definition) is 2. The van der Waals surface area contributed by atoms with Gasteiger partial charge in [0.2, 0.25) is 0 Å². The molecule has 1 rings (SSSR count). The summed E-state index contributed by atoms with van der Waals surface area (Å²) in [6.07, 6.45) is 0. The lowest BCUT2D eigenvalue weighted by molar-refractivity contribution is 0.793. The van der Waals surface area contributed by atoms with Crippen LogP contribution < -0.4 is 5.32 Å². The molecule has 1 nitrogen and oxygen atoms in total. The van der Waals surface area contributed by atoms with Gasteiger partial charge < -0.3 is 5.32 Å². The van der Waals surface area contributed by atoms with Crippen LogP contribution in [0.25, 0.3) is 0 Å². The van der Waals surface area contributed by atoms with Crippen LogP contribution in [0.1, 0.15) is 6.92 Å². The van der Waals surface area contributed by atoms with Gasteiger partial charge in [-0.05, 0) is 0 Å². The predicted octanol–water partition coefficient (Wildman–Crippen LogP) is 0.870. The van der Waals surface area contributed by atoms with Crippen molar-refractivity contribution in [3.05, 3.63) is 0 Å². The maximum atomic E-state index is 3.30. The van der Waals surface area contributed by atoms with E-state index in [1.807, 2.05) is 11.8 Å². The van der Waals surface area contributed by atoms with Gasteiger partial charge in [-0.25, -0.2) is 0 Å². The van der Waals surface area contributed by atoms with E-state index >= 15 is 0 Å². The number of nitrogens with one attached hydrogen (secondary N) is 1. The molecule has 1 N–H and O–H groups in total. The Morgan fingerprint density at radius 3 is 2.71 bits per heavy atom. The maximum absolute atomic E-state index is 3.30. The third kappa shape index (κ3) is 1.60. The van der Waals surface area contributed by atoms with Crippen LogP contribution in [-0.4, -0.2) is 16.9 Å². The summed E-state index contributed by atoms with van der Waals surface area (Å²) in [5.74, 6) is 0. The number of rotatable bonds is 0. The zero-order chi connectivity index (χ0) is 5.28. The molecule has 0 aliphatic carbocycles. The first-order valence-electron chi connectivity index (χ1n) is 2.43. The van der Waals surface area contributed by atoms with E-state index in [9.17, 15) is 0 Å². The summed E-state index contributed by atoms with van der Waals surface area (Å²) < 4.78 is 0. The molecule has 1 aliphatic rings. The van der Waals surface area contributed by atoms with Gasteiger partial charge in [0.25, 0.3) is 0 Å². The van der Waals surface area contributed by atoms with E-state index in [0.29, 0.717) is 5.11 Å². The van der Waals surface area contributed by atoms with Crippen LogP contribution in [0.15, 0.2) is 0 Å². The normalized spacial score (nSPS) is 42.0. The van der Waals surface area contributed by atoms with Gasteiger partial charge in [0.05, 0.1) is 5.11 Å². The van der Waals surface area contributed by atoms with Crippen molar-refractivity contribution in [3.8, 4) is 0 Å². The average molecular weight is 135 g/mol. The first-order chi connectivity index (χ1) is 3.29. The molecule has 0 saturated carbocycles. The molecule has 1 aliphatic heterocycles. The topological polar surface area (TPSA) is 12.0 Å². The summed E-state index contributed by atoms with van der Waals surface area (Å²) in [6, 6.07) is 0. The highest BCUT2D eigenvalue weighted by atomic mass is 32.2. The Labute approximate surface area is 50.8 Å². The van der Waals surface area contributed by atoms with Crippen LogP contribution in [0.5, 0.6) is 0 Å². The van der Waals surface area contributed by atoms with Crippen molar-refractivity contribution in [1.82, 2.24) is 5.32 Å². The summed E-state index contributed by atoms with van der Waals surface area (Å²) in [7, 11) is 2.75. The van der Waals surface area contributed by atoms with Crippen molar-refractivity contribution < 1.29 is 0 Å². The second kappa shape index (κ2) is 2.34. The van der Waals surface area contributed by atoms with Crippen LogP contribution in [0.3, 0.4) is 0 Å². The average Bonchev–Trinajstić information content (AvgIpc) is 1.87. The molecule has 0 bridgehead atoms. The minimum Gasteiger partial charge on any atom is -0.301 e. The van der Waals surface area contributed by atoms with Crippen LogP contribution in [0.2, 0.25) is 0 Å². The van der Waals surface area contributed by atoms with Crippen molar-refractivity contribution in [2.75, 3.05) is 6.54 Å². The number of hydrogen-bond donors (Lipinski definition) is 1. The van der Waals surface area contributed by atoms with Crippen molar-refractivity contribution in [3.63, 3.8) is 0 Å². The molecule has 7 heavy (non-hydrogen) atoms. The Bertz CT molecular complexity index is 60.7. The van der Waals surface area contributed by atoms with Gasteiger partial charge in [0.15, 0.2) is 0 Å². The second-order valence-corrected chi connectivity index (χ2v) is 4.51. The van der Waals surface area contributed by atoms with Gasteiger partial charge in [-0.15, -0.1) is 21.0 Å². The van der Waals surface area contributed by atoms with Crippen molar-refractivity contribution in [2.45, 2.75) is 17.3 Å². The fraction of sp³-hybridized carbons (Fsp3) is 1.00. The van der Waals surface area contributed by atoms with Crippen molar-refractivity contribution in [2.24, 2.45) is 0 Å². The Morgan fingerprint density at radius 1 is 1.86 bits per heavy atom. The van der Waals surface area contributed by atoms with E-state index in [1.54, 1.807) is 0 Å². The molecule has 1 saturated heterocycles. The Morgan fingerprint density at radius 2 is 2.57 bits per heavy atom. The van der Waals surface area contributed by atoms with E-state index in [2.05, 4.69) is 21.5 Å². The van der Waals surface area contributed by atoms with E-state index in [1.165, 1.54) is 6.54 Å². The van der Waals surface area contributed by atoms with Crippen molar-refractivity contribution in [1.29, 1.82) is 0 Å². The molecule has 3 unspecified atom stereocenters. The molecule has 0 aromatic carbocycles. The van der Waals surface area contributed by atoms with Crippen LogP contribution in [0, 0.1) is 0 Å². The first kappa shape index (κ1) is 5.87. The van der Waals surface area contributed by atoms with Gasteiger partial charge in [-0.2, -0.15) is 0 Å². The smallest absolute Gasteiger partial charge is 0.0676 e. The molecule has 0 aromatic heterocycles. The van der Waals surface area contributed by atoms with E-state index in [4.69, 9.17) is 0 Å². The largest absolute Gasteiger partial charge is 0.301 e. The summed E-state index contributed by atoms with van der Waals surface area (Å²) in [5, 5.41) is 4.71. The van der Waals surface area contributed by atoms with Crippen LogP contribution >= 0.6 is 21.0 Å². The molecule has 0 amide bonds. The quantitative estimate of drug-likeness (QED) is 0.495. The SMILES string of the molecule is CC1CNC(P)S1. The lowest BCUT2D eigenvalue weighted by atomic mass is 10.5. The molecule has 1 fully saturated rings. The van der Waals surface area contributed by atoms with E-state index < -0.39 is 0 Å². The molecule has 42 valence electrons. The van der Waals surface area contributed by atoms with Gasteiger partial charge in [-0.1, -0.05) is 6.92 Å². The van der Waals surface area contributed by atoms with E-state index in [-0.39, 0.29) is 0 Å². The third-order valence-electron chi connectivity index (χ3n) is 0.985. The van der Waals surface area contributed by atoms with Gasteiger partial charge >= 0.3 is 0 Å². The van der Waals surface area contributed by atoms with Crippen LogP contribution in [-0.2, 0) is 0 Å². The van der Waals surface area contributed by atoms with Gasteiger partial charge in [-0.3, -0.25) is 0 Å². The minimum absolute atomic E-state index is 0.606. The van der Waals surface area contributed by atoms with E-state index in [0.717, 1.165) is 5.25 Å². The number of thioether (sulfide) groups is 1. The highest BCUT2D eigenvalue weighted by Gasteiger charge is 2.15. The molecule has 3 heteroatoms. The Kier molecular flexibility index (Phi) is 1.96. The zero-order valence-electron chi connectivity index (χ0n) is 4.35. The minimum atomic E-state index is 0.606. The standard InChI is InChI=1S/C4H10NPS/c1-3-2-5-4(6)7-3/h3-5H,2,6H2,1H3. The molecular weight excluding hydrogens is 125 g/mol.